The highest BCUT2D eigenvalue weighted by Gasteiger charge is 2.28. The van der Waals surface area contributed by atoms with E-state index in [1.807, 2.05) is 0 Å². The molecule has 0 aromatic heterocycles. The van der Waals surface area contributed by atoms with Crippen molar-refractivity contribution in [2.24, 2.45) is 5.92 Å². The maximum atomic E-state index is 12.1. The molecule has 2 rings (SSSR count). The van der Waals surface area contributed by atoms with Gasteiger partial charge in [-0.3, -0.25) is 9.59 Å². The normalized spacial score (nSPS) is 18.7. The number of hydrogen-bond donors (Lipinski definition) is 1. The van der Waals surface area contributed by atoms with Crippen LogP contribution in [0.25, 0.3) is 0 Å². The summed E-state index contributed by atoms with van der Waals surface area (Å²) >= 11 is 12.2. The summed E-state index contributed by atoms with van der Waals surface area (Å²) in [6.07, 6.45) is 1.57. The molecule has 1 atom stereocenters. The van der Waals surface area contributed by atoms with E-state index in [2.05, 4.69) is 5.32 Å². The highest BCUT2D eigenvalue weighted by atomic mass is 35.5. The van der Waals surface area contributed by atoms with E-state index in [4.69, 9.17) is 23.2 Å². The van der Waals surface area contributed by atoms with Gasteiger partial charge in [-0.15, -0.1) is 0 Å². The lowest BCUT2D eigenvalue weighted by Gasteiger charge is -2.27. The lowest BCUT2D eigenvalue weighted by atomic mass is 9.95. The molecule has 1 heterocycles. The molecule has 21 heavy (non-hydrogen) atoms. The number of amides is 2. The second-order valence-electron chi connectivity index (χ2n) is 5.25. The fraction of sp³-hybridized carbons (Fsp3) is 0.467. The van der Waals surface area contributed by atoms with Crippen LogP contribution in [0, 0.1) is 5.92 Å². The van der Waals surface area contributed by atoms with Gasteiger partial charge in [0.25, 0.3) is 0 Å². The van der Waals surface area contributed by atoms with Crippen LogP contribution in [0.4, 0.5) is 0 Å². The molecule has 1 aromatic rings. The Morgan fingerprint density at radius 2 is 2.05 bits per heavy atom. The van der Waals surface area contributed by atoms with Crippen LogP contribution in [-0.2, 0) is 16.0 Å². The van der Waals surface area contributed by atoms with Crippen LogP contribution >= 0.6 is 23.2 Å². The zero-order valence-electron chi connectivity index (χ0n) is 11.9. The summed E-state index contributed by atoms with van der Waals surface area (Å²) < 4.78 is 0. The van der Waals surface area contributed by atoms with Crippen LogP contribution in [0.3, 0.4) is 0 Å². The number of piperidine rings is 1. The molecule has 6 heteroatoms. The van der Waals surface area contributed by atoms with Crippen molar-refractivity contribution >= 4 is 35.0 Å². The molecule has 0 spiro atoms. The van der Waals surface area contributed by atoms with Gasteiger partial charge in [0.1, 0.15) is 0 Å². The van der Waals surface area contributed by atoms with Crippen LogP contribution in [-0.4, -0.2) is 36.9 Å². The number of rotatable bonds is 4. The Balaban J connectivity index is 1.83. The smallest absolute Gasteiger partial charge is 0.223 e. The third-order valence-electron chi connectivity index (χ3n) is 3.77. The molecule has 1 fully saturated rings. The molecule has 1 saturated heterocycles. The minimum absolute atomic E-state index is 0.0237. The number of nitrogens with one attached hydrogen (secondary N) is 1. The number of halogens is 2. The molecular formula is C15H18Cl2N2O2. The molecule has 2 amide bonds. The van der Waals surface area contributed by atoms with Crippen molar-refractivity contribution in [2.45, 2.75) is 19.3 Å². The number of benzene rings is 1. The van der Waals surface area contributed by atoms with E-state index in [1.54, 1.807) is 30.1 Å². The van der Waals surface area contributed by atoms with Crippen LogP contribution in [0.2, 0.25) is 10.0 Å². The van der Waals surface area contributed by atoms with Gasteiger partial charge in [-0.25, -0.2) is 0 Å². The molecule has 4 nitrogen and oxygen atoms in total. The van der Waals surface area contributed by atoms with Crippen molar-refractivity contribution in [1.29, 1.82) is 0 Å². The van der Waals surface area contributed by atoms with Crippen LogP contribution in [0.15, 0.2) is 18.2 Å². The van der Waals surface area contributed by atoms with E-state index in [1.165, 1.54) is 0 Å². The van der Waals surface area contributed by atoms with Gasteiger partial charge in [-0.05, 0) is 30.5 Å². The van der Waals surface area contributed by atoms with Crippen LogP contribution in [0.1, 0.15) is 18.4 Å². The van der Waals surface area contributed by atoms with E-state index < -0.39 is 0 Å². The standard InChI is InChI=1S/C15H18Cl2N2O2/c1-19-8-6-10(9-14(19)20)15(21)18-7-5-11-12(16)3-2-4-13(11)17/h2-4,10H,5-9H2,1H3,(H,18,21). The van der Waals surface area contributed by atoms with Crippen molar-refractivity contribution in [1.82, 2.24) is 10.2 Å². The monoisotopic (exact) mass is 328 g/mol. The number of nitrogens with zero attached hydrogens (tertiary/aromatic N) is 1. The van der Waals surface area contributed by atoms with Gasteiger partial charge in [0, 0.05) is 42.5 Å². The maximum absolute atomic E-state index is 12.1. The molecule has 0 bridgehead atoms. The minimum Gasteiger partial charge on any atom is -0.356 e. The predicted octanol–water partition coefficient (Wildman–Crippen LogP) is 2.52. The molecule has 1 aliphatic heterocycles. The average Bonchev–Trinajstić information content (AvgIpc) is 2.45. The van der Waals surface area contributed by atoms with Crippen LogP contribution in [0.5, 0.6) is 0 Å². The van der Waals surface area contributed by atoms with Gasteiger partial charge < -0.3 is 10.2 Å². The highest BCUT2D eigenvalue weighted by molar-refractivity contribution is 6.35. The first-order chi connectivity index (χ1) is 9.99. The second-order valence-corrected chi connectivity index (χ2v) is 6.06. The Morgan fingerprint density at radius 1 is 1.38 bits per heavy atom. The molecule has 1 aliphatic rings. The van der Waals surface area contributed by atoms with Gasteiger partial charge in [0.2, 0.25) is 11.8 Å². The van der Waals surface area contributed by atoms with E-state index in [-0.39, 0.29) is 24.2 Å². The zero-order valence-corrected chi connectivity index (χ0v) is 13.4. The summed E-state index contributed by atoms with van der Waals surface area (Å²) in [5.41, 5.74) is 0.834. The molecule has 114 valence electrons. The molecule has 0 saturated carbocycles. The summed E-state index contributed by atoms with van der Waals surface area (Å²) in [5.74, 6) is -0.273. The average molecular weight is 329 g/mol. The SMILES string of the molecule is CN1CCC(C(=O)NCCc2c(Cl)cccc2Cl)CC1=O. The molecule has 1 N–H and O–H groups in total. The molecule has 0 aliphatic carbocycles. The van der Waals surface area contributed by atoms with Gasteiger partial charge in [-0.2, -0.15) is 0 Å². The Bertz CT molecular complexity index is 528. The predicted molar refractivity (Wildman–Crippen MR) is 83.5 cm³/mol. The van der Waals surface area contributed by atoms with Crippen molar-refractivity contribution in [2.75, 3.05) is 20.1 Å². The quantitative estimate of drug-likeness (QED) is 0.923. The molecular weight excluding hydrogens is 311 g/mol. The Labute approximate surface area is 134 Å². The van der Waals surface area contributed by atoms with E-state index in [9.17, 15) is 9.59 Å². The fourth-order valence-corrected chi connectivity index (χ4v) is 2.98. The Kier molecular flexibility index (Phi) is 5.48. The summed E-state index contributed by atoms with van der Waals surface area (Å²) in [6, 6.07) is 5.34. The lowest BCUT2D eigenvalue weighted by Crippen LogP contribution is -2.42. The molecule has 1 unspecified atom stereocenters. The summed E-state index contributed by atoms with van der Waals surface area (Å²) in [4.78, 5) is 25.3. The van der Waals surface area contributed by atoms with Crippen LogP contribution < -0.4 is 5.32 Å². The largest absolute Gasteiger partial charge is 0.356 e. The second kappa shape index (κ2) is 7.14. The van der Waals surface area contributed by atoms with Crippen molar-refractivity contribution in [3.8, 4) is 0 Å². The van der Waals surface area contributed by atoms with Crippen molar-refractivity contribution < 1.29 is 9.59 Å². The third kappa shape index (κ3) is 4.11. The van der Waals surface area contributed by atoms with Crippen molar-refractivity contribution in [3.63, 3.8) is 0 Å². The minimum atomic E-state index is -0.226. The first-order valence-corrected chi connectivity index (χ1v) is 7.69. The fourth-order valence-electron chi connectivity index (χ4n) is 2.39. The van der Waals surface area contributed by atoms with Gasteiger partial charge >= 0.3 is 0 Å². The summed E-state index contributed by atoms with van der Waals surface area (Å²) in [7, 11) is 1.76. The van der Waals surface area contributed by atoms with E-state index in [0.29, 0.717) is 36.0 Å². The lowest BCUT2D eigenvalue weighted by molar-refractivity contribution is -0.139. The Morgan fingerprint density at radius 3 is 2.67 bits per heavy atom. The maximum Gasteiger partial charge on any atom is 0.223 e. The van der Waals surface area contributed by atoms with Crippen molar-refractivity contribution in [3.05, 3.63) is 33.8 Å². The zero-order chi connectivity index (χ0) is 15.4. The first kappa shape index (κ1) is 16.1. The van der Waals surface area contributed by atoms with Gasteiger partial charge in [0.05, 0.1) is 0 Å². The Hall–Kier alpha value is -1.26. The summed E-state index contributed by atoms with van der Waals surface area (Å²) in [6.45, 7) is 1.09. The highest BCUT2D eigenvalue weighted by Crippen LogP contribution is 2.24. The molecule has 0 radical (unpaired) electrons. The number of likely N-dealkylation sites (tertiary alicyclic amines) is 1. The third-order valence-corrected chi connectivity index (χ3v) is 4.47. The molecule has 1 aromatic carbocycles. The van der Waals surface area contributed by atoms with Gasteiger partial charge in [0.15, 0.2) is 0 Å². The van der Waals surface area contributed by atoms with E-state index >= 15 is 0 Å². The number of hydrogen-bond acceptors (Lipinski definition) is 2. The number of carbonyl (C=O) groups is 2. The topological polar surface area (TPSA) is 49.4 Å². The number of carbonyl (C=O) groups excluding carboxylic acids is 2. The van der Waals surface area contributed by atoms with Gasteiger partial charge in [-0.1, -0.05) is 29.3 Å². The summed E-state index contributed by atoms with van der Waals surface area (Å²) in [5, 5.41) is 4.07. The van der Waals surface area contributed by atoms with E-state index in [0.717, 1.165) is 5.56 Å². The first-order valence-electron chi connectivity index (χ1n) is 6.93.